The zero-order valence-corrected chi connectivity index (χ0v) is 20.4. The number of piperidine rings is 1. The summed E-state index contributed by atoms with van der Waals surface area (Å²) in [6.45, 7) is 8.47. The van der Waals surface area contributed by atoms with Gasteiger partial charge in [-0.3, -0.25) is 24.6 Å². The van der Waals surface area contributed by atoms with Crippen molar-refractivity contribution in [1.29, 1.82) is 0 Å². The SMILES string of the molecule is CC(C)C[C@H](NC(=O)C(F)(F)F)C(=O)N1C[C@H]2[C@@H]([C@H]1C(=O)NNC[C@@H]1CCNC1=O)C2(C)C.Cl. The van der Waals surface area contributed by atoms with Gasteiger partial charge in [0.15, 0.2) is 0 Å². The maximum atomic E-state index is 13.3. The van der Waals surface area contributed by atoms with E-state index in [9.17, 15) is 32.3 Å². The van der Waals surface area contributed by atoms with Crippen molar-refractivity contribution in [3.05, 3.63) is 0 Å². The summed E-state index contributed by atoms with van der Waals surface area (Å²) in [5, 5.41) is 4.52. The smallest absolute Gasteiger partial charge is 0.356 e. The van der Waals surface area contributed by atoms with Crippen molar-refractivity contribution in [3.63, 3.8) is 0 Å². The van der Waals surface area contributed by atoms with Gasteiger partial charge in [-0.2, -0.15) is 13.2 Å². The van der Waals surface area contributed by atoms with Crippen LogP contribution in [0.2, 0.25) is 0 Å². The van der Waals surface area contributed by atoms with Crippen molar-refractivity contribution >= 4 is 36.0 Å². The first-order chi connectivity index (χ1) is 15.2. The quantitative estimate of drug-likeness (QED) is 0.358. The molecule has 2 heterocycles. The molecule has 0 bridgehead atoms. The van der Waals surface area contributed by atoms with Crippen LogP contribution in [0.25, 0.3) is 0 Å². The fourth-order valence-electron chi connectivity index (χ4n) is 5.12. The number of fused-ring (bicyclic) bond motifs is 1. The Morgan fingerprint density at radius 2 is 1.88 bits per heavy atom. The molecule has 0 aromatic rings. The molecular weight excluding hydrogens is 479 g/mol. The Kier molecular flexibility index (Phi) is 8.50. The molecular formula is C21H33ClF3N5O4. The molecule has 1 saturated carbocycles. The Hall–Kier alpha value is -2.08. The van der Waals surface area contributed by atoms with Crippen molar-refractivity contribution in [3.8, 4) is 0 Å². The number of hydrogen-bond acceptors (Lipinski definition) is 5. The summed E-state index contributed by atoms with van der Waals surface area (Å²) in [7, 11) is 0. The summed E-state index contributed by atoms with van der Waals surface area (Å²) in [6.07, 6.45) is -4.46. The zero-order chi connectivity index (χ0) is 24.7. The van der Waals surface area contributed by atoms with E-state index in [-0.39, 0.29) is 66.9 Å². The van der Waals surface area contributed by atoms with Crippen molar-refractivity contribution in [2.75, 3.05) is 19.6 Å². The molecule has 34 heavy (non-hydrogen) atoms. The minimum atomic E-state index is -5.11. The number of hydrogen-bond donors (Lipinski definition) is 4. The van der Waals surface area contributed by atoms with E-state index in [0.29, 0.717) is 13.0 Å². The Bertz CT molecular complexity index is 823. The Morgan fingerprint density at radius 3 is 2.41 bits per heavy atom. The van der Waals surface area contributed by atoms with Crippen LogP contribution >= 0.6 is 12.4 Å². The Labute approximate surface area is 202 Å². The average molecular weight is 512 g/mol. The van der Waals surface area contributed by atoms with Crippen LogP contribution < -0.4 is 21.5 Å². The molecule has 9 nitrogen and oxygen atoms in total. The summed E-state index contributed by atoms with van der Waals surface area (Å²) >= 11 is 0. The van der Waals surface area contributed by atoms with Gasteiger partial charge in [-0.05, 0) is 36.0 Å². The number of nitrogens with one attached hydrogen (secondary N) is 4. The van der Waals surface area contributed by atoms with Crippen LogP contribution in [0.4, 0.5) is 13.2 Å². The lowest BCUT2D eigenvalue weighted by molar-refractivity contribution is -0.175. The van der Waals surface area contributed by atoms with Gasteiger partial charge in [0.2, 0.25) is 11.8 Å². The number of amides is 4. The molecule has 2 aliphatic heterocycles. The normalized spacial score (nSPS) is 28.0. The minimum absolute atomic E-state index is 0. The van der Waals surface area contributed by atoms with Crippen LogP contribution in [0.15, 0.2) is 0 Å². The fraction of sp³-hybridized carbons (Fsp3) is 0.810. The third-order valence-corrected chi connectivity index (χ3v) is 7.05. The molecule has 0 radical (unpaired) electrons. The van der Waals surface area contributed by atoms with E-state index in [4.69, 9.17) is 0 Å². The standard InChI is InChI=1S/C21H32F3N5O4.ClH/c1-10(2)7-13(27-19(33)21(22,23)24)18(32)29-9-12-14(20(12,3)4)15(29)17(31)28-26-8-11-5-6-25-16(11)30;/h10-15,26H,5-9H2,1-4H3,(H,25,30)(H,27,33)(H,28,31);1H/t11-,12-,13-,14-,15-;/m0./s1. The van der Waals surface area contributed by atoms with Crippen molar-refractivity contribution in [1.82, 2.24) is 26.4 Å². The molecule has 0 spiro atoms. The molecule has 13 heteroatoms. The molecule has 194 valence electrons. The molecule has 2 saturated heterocycles. The van der Waals surface area contributed by atoms with E-state index >= 15 is 0 Å². The average Bonchev–Trinajstić information content (AvgIpc) is 3.07. The van der Waals surface area contributed by atoms with Gasteiger partial charge in [-0.25, -0.2) is 5.43 Å². The maximum absolute atomic E-state index is 13.3. The highest BCUT2D eigenvalue weighted by Crippen LogP contribution is 2.64. The Morgan fingerprint density at radius 1 is 1.24 bits per heavy atom. The number of halogens is 4. The lowest BCUT2D eigenvalue weighted by Gasteiger charge is -2.33. The third kappa shape index (κ3) is 5.76. The van der Waals surface area contributed by atoms with E-state index in [2.05, 4.69) is 16.2 Å². The second-order valence-corrected chi connectivity index (χ2v) is 10.2. The van der Waals surface area contributed by atoms with Crippen LogP contribution in [0.3, 0.4) is 0 Å². The first-order valence-corrected chi connectivity index (χ1v) is 11.2. The predicted octanol–water partition coefficient (Wildman–Crippen LogP) is 0.741. The molecule has 3 fully saturated rings. The second kappa shape index (κ2) is 10.3. The number of alkyl halides is 3. The highest BCUT2D eigenvalue weighted by atomic mass is 35.5. The molecule has 4 N–H and O–H groups in total. The first-order valence-electron chi connectivity index (χ1n) is 11.2. The molecule has 4 amide bonds. The van der Waals surface area contributed by atoms with E-state index in [1.54, 1.807) is 13.8 Å². The molecule has 0 aromatic heterocycles. The monoisotopic (exact) mass is 511 g/mol. The summed E-state index contributed by atoms with van der Waals surface area (Å²) in [6, 6.07) is -2.26. The largest absolute Gasteiger partial charge is 0.471 e. The number of likely N-dealkylation sites (tertiary alicyclic amines) is 1. The lowest BCUT2D eigenvalue weighted by Crippen LogP contribution is -2.58. The van der Waals surface area contributed by atoms with Gasteiger partial charge in [0.25, 0.3) is 5.91 Å². The molecule has 1 aliphatic carbocycles. The summed E-state index contributed by atoms with van der Waals surface area (Å²) < 4.78 is 38.5. The fourth-order valence-corrected chi connectivity index (χ4v) is 5.12. The maximum Gasteiger partial charge on any atom is 0.471 e. The minimum Gasteiger partial charge on any atom is -0.356 e. The van der Waals surface area contributed by atoms with Crippen molar-refractivity contribution in [2.24, 2.45) is 29.1 Å². The summed E-state index contributed by atoms with van der Waals surface area (Å²) in [5.74, 6) is -3.99. The third-order valence-electron chi connectivity index (χ3n) is 7.05. The number of hydrazine groups is 1. The Balaban J connectivity index is 0.00000408. The van der Waals surface area contributed by atoms with Crippen LogP contribution in [-0.4, -0.2) is 66.4 Å². The molecule has 3 aliphatic rings. The van der Waals surface area contributed by atoms with Crippen molar-refractivity contribution in [2.45, 2.75) is 58.8 Å². The zero-order valence-electron chi connectivity index (χ0n) is 19.6. The number of nitrogens with zero attached hydrogens (tertiary/aromatic N) is 1. The summed E-state index contributed by atoms with van der Waals surface area (Å²) in [5.41, 5.74) is 5.14. The van der Waals surface area contributed by atoms with E-state index in [0.717, 1.165) is 0 Å². The molecule has 0 unspecified atom stereocenters. The van der Waals surface area contributed by atoms with Crippen LogP contribution in [0, 0.1) is 29.1 Å². The number of carbonyl (C=O) groups is 4. The molecule has 5 atom stereocenters. The van der Waals surface area contributed by atoms with Crippen molar-refractivity contribution < 1.29 is 32.3 Å². The van der Waals surface area contributed by atoms with E-state index in [1.807, 2.05) is 19.2 Å². The van der Waals surface area contributed by atoms with Gasteiger partial charge in [0.1, 0.15) is 12.1 Å². The van der Waals surface area contributed by atoms with Crippen LogP contribution in [-0.2, 0) is 19.2 Å². The van der Waals surface area contributed by atoms with Crippen LogP contribution in [0.5, 0.6) is 0 Å². The van der Waals surface area contributed by atoms with Gasteiger partial charge in [0.05, 0.1) is 5.92 Å². The highest BCUT2D eigenvalue weighted by molar-refractivity contribution is 5.94. The van der Waals surface area contributed by atoms with Gasteiger partial charge in [-0.15, -0.1) is 12.4 Å². The van der Waals surface area contributed by atoms with Gasteiger partial charge in [0, 0.05) is 19.6 Å². The second-order valence-electron chi connectivity index (χ2n) is 10.2. The molecule has 3 rings (SSSR count). The lowest BCUT2D eigenvalue weighted by atomic mass is 9.97. The molecule has 0 aromatic carbocycles. The van der Waals surface area contributed by atoms with E-state index < -0.39 is 36.0 Å². The first kappa shape index (κ1) is 28.2. The number of rotatable bonds is 8. The number of carbonyl (C=O) groups excluding carboxylic acids is 4. The topological polar surface area (TPSA) is 120 Å². The summed E-state index contributed by atoms with van der Waals surface area (Å²) in [4.78, 5) is 50.8. The van der Waals surface area contributed by atoms with Gasteiger partial charge in [-0.1, -0.05) is 27.7 Å². The van der Waals surface area contributed by atoms with Crippen LogP contribution in [0.1, 0.15) is 40.5 Å². The highest BCUT2D eigenvalue weighted by Gasteiger charge is 2.69. The predicted molar refractivity (Wildman–Crippen MR) is 118 cm³/mol. The van der Waals surface area contributed by atoms with E-state index in [1.165, 1.54) is 4.90 Å². The van der Waals surface area contributed by atoms with Gasteiger partial charge >= 0.3 is 12.1 Å². The van der Waals surface area contributed by atoms with Gasteiger partial charge < -0.3 is 15.5 Å².